The van der Waals surface area contributed by atoms with Crippen molar-refractivity contribution in [1.82, 2.24) is 9.55 Å². The third-order valence-corrected chi connectivity index (χ3v) is 2.85. The normalized spacial score (nSPS) is 15.9. The fourth-order valence-electron chi connectivity index (χ4n) is 2.14. The maximum Gasteiger partial charge on any atom is 0.206 e. The number of para-hydroxylation sites is 2. The van der Waals surface area contributed by atoms with Crippen LogP contribution in [0, 0.1) is 0 Å². The molecule has 0 saturated carbocycles. The predicted molar refractivity (Wildman–Crippen MR) is 57.6 cm³/mol. The summed E-state index contributed by atoms with van der Waals surface area (Å²) in [5, 5.41) is 0. The summed E-state index contributed by atoms with van der Waals surface area (Å²) in [5.74, 6) is 1.11. The molecule has 1 aliphatic heterocycles. The second kappa shape index (κ2) is 2.74. The van der Waals surface area contributed by atoms with Crippen LogP contribution in [0.15, 0.2) is 24.3 Å². The molecule has 0 saturated heterocycles. The molecule has 2 aromatic rings. The number of benzene rings is 1. The number of hydrogen-bond donors (Lipinski definition) is 0. The number of hydrogen-bond acceptors (Lipinski definition) is 2. The molecule has 0 aliphatic carbocycles. The maximum atomic E-state index is 4.62. The van der Waals surface area contributed by atoms with E-state index in [0.717, 1.165) is 24.6 Å². The zero-order chi connectivity index (χ0) is 9.54. The summed E-state index contributed by atoms with van der Waals surface area (Å²) >= 11 is 0. The molecule has 0 unspecified atom stereocenters. The van der Waals surface area contributed by atoms with Gasteiger partial charge in [0.1, 0.15) is 0 Å². The lowest BCUT2D eigenvalue weighted by molar-refractivity contribution is 0.591. The summed E-state index contributed by atoms with van der Waals surface area (Å²) in [7, 11) is 2.11. The highest BCUT2D eigenvalue weighted by molar-refractivity contribution is 5.78. The summed E-state index contributed by atoms with van der Waals surface area (Å²) in [6, 6.07) is 8.34. The van der Waals surface area contributed by atoms with Crippen molar-refractivity contribution in [2.45, 2.75) is 13.0 Å². The molecule has 3 nitrogen and oxygen atoms in total. The van der Waals surface area contributed by atoms with Crippen LogP contribution in [0.25, 0.3) is 11.0 Å². The van der Waals surface area contributed by atoms with Gasteiger partial charge in [-0.3, -0.25) is 0 Å². The Balaban J connectivity index is 2.32. The topological polar surface area (TPSA) is 21.1 Å². The Morgan fingerprint density at radius 2 is 2.07 bits per heavy atom. The zero-order valence-corrected chi connectivity index (χ0v) is 8.27. The standard InChI is InChI=1S/C11H13N3/c1-13-7-4-8-14-10-6-3-2-5-9(10)12-11(13)14/h2-3,5-6H,4,7-8H2,1H3. The predicted octanol–water partition coefficient (Wildman–Crippen LogP) is 1.88. The Morgan fingerprint density at radius 3 is 3.00 bits per heavy atom. The Bertz CT molecular complexity index is 472. The minimum atomic E-state index is 1.10. The number of aromatic nitrogens is 2. The van der Waals surface area contributed by atoms with Gasteiger partial charge in [-0.15, -0.1) is 0 Å². The van der Waals surface area contributed by atoms with Crippen LogP contribution in [0.3, 0.4) is 0 Å². The quantitative estimate of drug-likeness (QED) is 0.628. The molecule has 0 N–H and O–H groups in total. The summed E-state index contributed by atoms with van der Waals surface area (Å²) in [6.45, 7) is 2.21. The number of imidazole rings is 1. The summed E-state index contributed by atoms with van der Waals surface area (Å²) in [6.07, 6.45) is 1.21. The molecule has 0 radical (unpaired) electrons. The molecule has 0 fully saturated rings. The SMILES string of the molecule is CN1CCCn2c1nc1ccccc12. The second-order valence-corrected chi connectivity index (χ2v) is 3.83. The van der Waals surface area contributed by atoms with E-state index in [0.29, 0.717) is 0 Å². The molecule has 3 rings (SSSR count). The lowest BCUT2D eigenvalue weighted by Gasteiger charge is -2.24. The van der Waals surface area contributed by atoms with Gasteiger partial charge in [-0.1, -0.05) is 12.1 Å². The van der Waals surface area contributed by atoms with E-state index in [-0.39, 0.29) is 0 Å². The van der Waals surface area contributed by atoms with E-state index in [4.69, 9.17) is 0 Å². The molecule has 1 aliphatic rings. The molecule has 0 amide bonds. The molecule has 14 heavy (non-hydrogen) atoms. The fraction of sp³-hybridized carbons (Fsp3) is 0.364. The van der Waals surface area contributed by atoms with Crippen LogP contribution in [-0.2, 0) is 6.54 Å². The van der Waals surface area contributed by atoms with Crippen LogP contribution < -0.4 is 4.90 Å². The van der Waals surface area contributed by atoms with Gasteiger partial charge in [0, 0.05) is 20.1 Å². The molecular weight excluding hydrogens is 174 g/mol. The van der Waals surface area contributed by atoms with Crippen LogP contribution in [-0.4, -0.2) is 23.1 Å². The van der Waals surface area contributed by atoms with Crippen LogP contribution in [0.1, 0.15) is 6.42 Å². The highest BCUT2D eigenvalue weighted by Crippen LogP contribution is 2.24. The Morgan fingerprint density at radius 1 is 1.21 bits per heavy atom. The van der Waals surface area contributed by atoms with E-state index in [1.165, 1.54) is 11.9 Å². The van der Waals surface area contributed by atoms with Crippen molar-refractivity contribution >= 4 is 17.0 Å². The summed E-state index contributed by atoms with van der Waals surface area (Å²) < 4.78 is 2.30. The van der Waals surface area contributed by atoms with Crippen LogP contribution >= 0.6 is 0 Å². The molecule has 1 aromatic heterocycles. The largest absolute Gasteiger partial charge is 0.345 e. The van der Waals surface area contributed by atoms with Crippen LogP contribution in [0.5, 0.6) is 0 Å². The first-order valence-corrected chi connectivity index (χ1v) is 5.03. The molecule has 72 valence electrons. The van der Waals surface area contributed by atoms with E-state index in [9.17, 15) is 0 Å². The smallest absolute Gasteiger partial charge is 0.206 e. The van der Waals surface area contributed by atoms with Gasteiger partial charge in [-0.2, -0.15) is 0 Å². The van der Waals surface area contributed by atoms with Crippen molar-refractivity contribution in [2.75, 3.05) is 18.5 Å². The van der Waals surface area contributed by atoms with Gasteiger partial charge in [0.05, 0.1) is 11.0 Å². The van der Waals surface area contributed by atoms with E-state index < -0.39 is 0 Å². The van der Waals surface area contributed by atoms with E-state index in [1.54, 1.807) is 0 Å². The Labute approximate surface area is 83.0 Å². The average Bonchev–Trinajstić information content (AvgIpc) is 2.59. The number of aryl methyl sites for hydroxylation is 1. The zero-order valence-electron chi connectivity index (χ0n) is 8.27. The molecular formula is C11H13N3. The highest BCUT2D eigenvalue weighted by Gasteiger charge is 2.17. The van der Waals surface area contributed by atoms with Gasteiger partial charge < -0.3 is 9.47 Å². The van der Waals surface area contributed by atoms with Crippen molar-refractivity contribution in [1.29, 1.82) is 0 Å². The first-order chi connectivity index (χ1) is 6.86. The Kier molecular flexibility index (Phi) is 1.54. The molecule has 1 aromatic carbocycles. The summed E-state index contributed by atoms with van der Waals surface area (Å²) in [5.41, 5.74) is 2.37. The third-order valence-electron chi connectivity index (χ3n) is 2.85. The number of anilines is 1. The molecule has 0 bridgehead atoms. The lowest BCUT2D eigenvalue weighted by Crippen LogP contribution is -2.28. The monoisotopic (exact) mass is 187 g/mol. The van der Waals surface area contributed by atoms with Crippen molar-refractivity contribution in [2.24, 2.45) is 0 Å². The molecule has 3 heteroatoms. The molecule has 0 spiro atoms. The first kappa shape index (κ1) is 7.85. The fourth-order valence-corrected chi connectivity index (χ4v) is 2.14. The van der Waals surface area contributed by atoms with Gasteiger partial charge in [-0.05, 0) is 18.6 Å². The summed E-state index contributed by atoms with van der Waals surface area (Å²) in [4.78, 5) is 6.85. The van der Waals surface area contributed by atoms with E-state index in [1.807, 2.05) is 6.07 Å². The second-order valence-electron chi connectivity index (χ2n) is 3.83. The first-order valence-electron chi connectivity index (χ1n) is 5.03. The van der Waals surface area contributed by atoms with Crippen molar-refractivity contribution in [3.05, 3.63) is 24.3 Å². The number of rotatable bonds is 0. The van der Waals surface area contributed by atoms with Crippen molar-refractivity contribution in [3.63, 3.8) is 0 Å². The van der Waals surface area contributed by atoms with Crippen molar-refractivity contribution < 1.29 is 0 Å². The molecule has 2 heterocycles. The van der Waals surface area contributed by atoms with Crippen LogP contribution in [0.2, 0.25) is 0 Å². The third kappa shape index (κ3) is 0.953. The minimum Gasteiger partial charge on any atom is -0.345 e. The lowest BCUT2D eigenvalue weighted by atomic mass is 10.3. The van der Waals surface area contributed by atoms with Gasteiger partial charge in [0.25, 0.3) is 0 Å². The minimum absolute atomic E-state index is 1.10. The average molecular weight is 187 g/mol. The maximum absolute atomic E-state index is 4.62. The van der Waals surface area contributed by atoms with E-state index >= 15 is 0 Å². The van der Waals surface area contributed by atoms with Crippen molar-refractivity contribution in [3.8, 4) is 0 Å². The Hall–Kier alpha value is -1.51. The van der Waals surface area contributed by atoms with Gasteiger partial charge in [-0.25, -0.2) is 4.98 Å². The van der Waals surface area contributed by atoms with Crippen LogP contribution in [0.4, 0.5) is 5.95 Å². The highest BCUT2D eigenvalue weighted by atomic mass is 15.3. The number of fused-ring (bicyclic) bond motifs is 3. The van der Waals surface area contributed by atoms with Gasteiger partial charge >= 0.3 is 0 Å². The van der Waals surface area contributed by atoms with Gasteiger partial charge in [0.2, 0.25) is 5.95 Å². The molecule has 0 atom stereocenters. The van der Waals surface area contributed by atoms with E-state index in [2.05, 4.69) is 39.7 Å². The number of nitrogens with zero attached hydrogens (tertiary/aromatic N) is 3. The van der Waals surface area contributed by atoms with Gasteiger partial charge in [0.15, 0.2) is 0 Å².